The molecule has 1 fully saturated rings. The van der Waals surface area contributed by atoms with E-state index < -0.39 is 0 Å². The molecule has 1 saturated heterocycles. The number of benzene rings is 1. The summed E-state index contributed by atoms with van der Waals surface area (Å²) in [6, 6.07) is 6.54. The highest BCUT2D eigenvalue weighted by Crippen LogP contribution is 2.20. The fraction of sp³-hybridized carbons (Fsp3) is 0.400. The molecule has 1 aromatic carbocycles. The van der Waals surface area contributed by atoms with Gasteiger partial charge in [0.05, 0.1) is 18.5 Å². The van der Waals surface area contributed by atoms with Crippen LogP contribution in [0.1, 0.15) is 18.4 Å². The van der Waals surface area contributed by atoms with Crippen molar-refractivity contribution in [3.8, 4) is 5.69 Å². The summed E-state index contributed by atoms with van der Waals surface area (Å²) in [5.41, 5.74) is 1.95. The van der Waals surface area contributed by atoms with Gasteiger partial charge in [0, 0.05) is 24.3 Å². The van der Waals surface area contributed by atoms with Crippen LogP contribution in [-0.2, 0) is 6.54 Å². The molecule has 0 spiro atoms. The van der Waals surface area contributed by atoms with Crippen LogP contribution in [0.3, 0.4) is 0 Å². The Labute approximate surface area is 117 Å². The molecule has 1 atom stereocenters. The van der Waals surface area contributed by atoms with Gasteiger partial charge >= 0.3 is 0 Å². The second-order valence-electron chi connectivity index (χ2n) is 5.22. The second-order valence-corrected chi connectivity index (χ2v) is 5.22. The molecule has 20 heavy (non-hydrogen) atoms. The molecule has 0 amide bonds. The number of likely N-dealkylation sites (tertiary alicyclic amines) is 1. The third kappa shape index (κ3) is 2.73. The predicted octanol–water partition coefficient (Wildman–Crippen LogP) is 1.97. The van der Waals surface area contributed by atoms with E-state index in [1.165, 1.54) is 12.1 Å². The average Bonchev–Trinajstić information content (AvgIpc) is 3.09. The van der Waals surface area contributed by atoms with Gasteiger partial charge in [-0.25, -0.2) is 9.07 Å². The summed E-state index contributed by atoms with van der Waals surface area (Å²) in [4.78, 5) is 2.28. The van der Waals surface area contributed by atoms with E-state index in [1.807, 2.05) is 12.4 Å². The largest absolute Gasteiger partial charge is 0.395 e. The topological polar surface area (TPSA) is 41.3 Å². The monoisotopic (exact) mass is 275 g/mol. The van der Waals surface area contributed by atoms with Crippen LogP contribution in [0.25, 0.3) is 5.69 Å². The van der Waals surface area contributed by atoms with E-state index in [2.05, 4.69) is 10.00 Å². The van der Waals surface area contributed by atoms with Gasteiger partial charge in [-0.2, -0.15) is 5.10 Å². The van der Waals surface area contributed by atoms with Crippen LogP contribution in [0.5, 0.6) is 0 Å². The molecule has 0 saturated carbocycles. The van der Waals surface area contributed by atoms with Crippen LogP contribution in [0.2, 0.25) is 0 Å². The minimum Gasteiger partial charge on any atom is -0.395 e. The smallest absolute Gasteiger partial charge is 0.123 e. The Balaban J connectivity index is 1.72. The number of aliphatic hydroxyl groups excluding tert-OH is 1. The molecule has 0 unspecified atom stereocenters. The first-order valence-electron chi connectivity index (χ1n) is 6.90. The normalized spacial score (nSPS) is 19.6. The zero-order chi connectivity index (χ0) is 13.9. The number of hydrogen-bond donors (Lipinski definition) is 1. The van der Waals surface area contributed by atoms with Gasteiger partial charge in [0.1, 0.15) is 5.82 Å². The zero-order valence-corrected chi connectivity index (χ0v) is 11.2. The second kappa shape index (κ2) is 5.73. The molecular weight excluding hydrogens is 257 g/mol. The number of rotatable bonds is 4. The van der Waals surface area contributed by atoms with Crippen LogP contribution in [0.4, 0.5) is 4.39 Å². The quantitative estimate of drug-likeness (QED) is 0.927. The van der Waals surface area contributed by atoms with Crippen molar-refractivity contribution in [2.75, 3.05) is 13.2 Å². The van der Waals surface area contributed by atoms with Crippen LogP contribution >= 0.6 is 0 Å². The number of nitrogens with zero attached hydrogens (tertiary/aromatic N) is 3. The molecule has 106 valence electrons. The Bertz CT molecular complexity index is 567. The summed E-state index contributed by atoms with van der Waals surface area (Å²) in [5.74, 6) is -0.246. The lowest BCUT2D eigenvalue weighted by Gasteiger charge is -2.21. The Kier molecular flexibility index (Phi) is 3.80. The summed E-state index contributed by atoms with van der Waals surface area (Å²) in [6.45, 7) is 2.03. The lowest BCUT2D eigenvalue weighted by atomic mass is 10.2. The van der Waals surface area contributed by atoms with Gasteiger partial charge in [-0.15, -0.1) is 0 Å². The summed E-state index contributed by atoms with van der Waals surface area (Å²) in [5, 5.41) is 13.6. The summed E-state index contributed by atoms with van der Waals surface area (Å²) < 4.78 is 14.6. The predicted molar refractivity (Wildman–Crippen MR) is 74.0 cm³/mol. The molecule has 2 heterocycles. The van der Waals surface area contributed by atoms with Gasteiger partial charge in [0.15, 0.2) is 0 Å². The molecular formula is C15H18FN3O. The third-order valence-corrected chi connectivity index (χ3v) is 3.82. The van der Waals surface area contributed by atoms with E-state index in [9.17, 15) is 9.50 Å². The van der Waals surface area contributed by atoms with Crippen LogP contribution in [-0.4, -0.2) is 39.0 Å². The average molecular weight is 275 g/mol. The minimum atomic E-state index is -0.246. The van der Waals surface area contributed by atoms with Crippen molar-refractivity contribution in [1.29, 1.82) is 0 Å². The molecule has 1 aliphatic heterocycles. The zero-order valence-electron chi connectivity index (χ0n) is 11.2. The van der Waals surface area contributed by atoms with E-state index in [0.717, 1.165) is 37.2 Å². The maximum absolute atomic E-state index is 12.9. The fourth-order valence-corrected chi connectivity index (χ4v) is 2.72. The first-order chi connectivity index (χ1) is 9.76. The standard InChI is InChI=1S/C15H18FN3O/c16-13-3-5-14(6-4-13)19-10-12(8-17-19)9-18-7-1-2-15(18)11-20/h3-6,8,10,15,20H,1-2,7,9,11H2/t15-/m1/s1. The van der Waals surface area contributed by atoms with E-state index in [-0.39, 0.29) is 18.5 Å². The van der Waals surface area contributed by atoms with Crippen molar-refractivity contribution in [3.05, 3.63) is 48.0 Å². The Morgan fingerprint density at radius 2 is 2.10 bits per heavy atom. The highest BCUT2D eigenvalue weighted by molar-refractivity contribution is 5.31. The Morgan fingerprint density at radius 1 is 1.30 bits per heavy atom. The van der Waals surface area contributed by atoms with Gasteiger partial charge in [-0.1, -0.05) is 0 Å². The van der Waals surface area contributed by atoms with Crippen molar-refractivity contribution < 1.29 is 9.50 Å². The van der Waals surface area contributed by atoms with Gasteiger partial charge in [0.2, 0.25) is 0 Å². The first-order valence-corrected chi connectivity index (χ1v) is 6.90. The molecule has 3 rings (SSSR count). The van der Waals surface area contributed by atoms with Gasteiger partial charge in [-0.05, 0) is 43.7 Å². The summed E-state index contributed by atoms with van der Waals surface area (Å²) in [7, 11) is 0. The van der Waals surface area contributed by atoms with Crippen molar-refractivity contribution in [3.63, 3.8) is 0 Å². The molecule has 5 heteroatoms. The van der Waals surface area contributed by atoms with Crippen LogP contribution < -0.4 is 0 Å². The van der Waals surface area contributed by atoms with Gasteiger partial charge in [0.25, 0.3) is 0 Å². The fourth-order valence-electron chi connectivity index (χ4n) is 2.72. The molecule has 1 N–H and O–H groups in total. The molecule has 0 aliphatic carbocycles. The highest BCUT2D eigenvalue weighted by Gasteiger charge is 2.23. The first kappa shape index (κ1) is 13.3. The van der Waals surface area contributed by atoms with Crippen molar-refractivity contribution in [2.24, 2.45) is 0 Å². The highest BCUT2D eigenvalue weighted by atomic mass is 19.1. The van der Waals surface area contributed by atoms with Crippen molar-refractivity contribution in [2.45, 2.75) is 25.4 Å². The number of aliphatic hydroxyl groups is 1. The summed E-state index contributed by atoms with van der Waals surface area (Å²) in [6.07, 6.45) is 5.98. The van der Waals surface area contributed by atoms with E-state index in [0.29, 0.717) is 0 Å². The van der Waals surface area contributed by atoms with Crippen LogP contribution in [0.15, 0.2) is 36.7 Å². The minimum absolute atomic E-state index is 0.214. The Morgan fingerprint density at radius 3 is 2.85 bits per heavy atom. The maximum Gasteiger partial charge on any atom is 0.123 e. The van der Waals surface area contributed by atoms with E-state index in [1.54, 1.807) is 16.8 Å². The number of halogens is 1. The molecule has 1 aromatic heterocycles. The molecule has 2 aromatic rings. The van der Waals surface area contributed by atoms with Crippen molar-refractivity contribution in [1.82, 2.24) is 14.7 Å². The molecule has 0 bridgehead atoms. The molecule has 4 nitrogen and oxygen atoms in total. The maximum atomic E-state index is 12.9. The van der Waals surface area contributed by atoms with Crippen LogP contribution in [0, 0.1) is 5.82 Å². The Hall–Kier alpha value is -1.72. The van der Waals surface area contributed by atoms with E-state index >= 15 is 0 Å². The molecule has 0 radical (unpaired) electrons. The van der Waals surface area contributed by atoms with Gasteiger partial charge in [-0.3, -0.25) is 4.90 Å². The number of hydrogen-bond acceptors (Lipinski definition) is 3. The lowest BCUT2D eigenvalue weighted by Crippen LogP contribution is -2.31. The lowest BCUT2D eigenvalue weighted by molar-refractivity contribution is 0.153. The van der Waals surface area contributed by atoms with Crippen molar-refractivity contribution >= 4 is 0 Å². The number of aromatic nitrogens is 2. The van der Waals surface area contributed by atoms with E-state index in [4.69, 9.17) is 0 Å². The third-order valence-electron chi connectivity index (χ3n) is 3.82. The SMILES string of the molecule is OC[C@H]1CCCN1Cc1cnn(-c2ccc(F)cc2)c1. The summed E-state index contributed by atoms with van der Waals surface area (Å²) >= 11 is 0. The van der Waals surface area contributed by atoms with Gasteiger partial charge < -0.3 is 5.11 Å². The molecule has 1 aliphatic rings.